The molecule has 0 aliphatic rings. The summed E-state index contributed by atoms with van der Waals surface area (Å²) in [4.78, 5) is 23.1. The molecule has 0 amide bonds. The summed E-state index contributed by atoms with van der Waals surface area (Å²) in [6.07, 6.45) is 0.971. The first kappa shape index (κ1) is 17.3. The fourth-order valence-corrected chi connectivity index (χ4v) is 2.19. The highest BCUT2D eigenvalue weighted by Crippen LogP contribution is 2.26. The molecule has 0 fully saturated rings. The van der Waals surface area contributed by atoms with Crippen LogP contribution in [0.3, 0.4) is 0 Å². The third kappa shape index (κ3) is 4.23. The van der Waals surface area contributed by atoms with E-state index in [-0.39, 0.29) is 22.7 Å². The number of benzene rings is 2. The van der Waals surface area contributed by atoms with Crippen molar-refractivity contribution in [2.24, 2.45) is 0 Å². The molecule has 1 atom stereocenters. The quantitative estimate of drug-likeness (QED) is 0.628. The topological polar surface area (TPSA) is 83.8 Å². The van der Waals surface area contributed by atoms with Crippen molar-refractivity contribution in [2.45, 2.75) is 20.0 Å². The molecular formula is C19H18O5. The van der Waals surface area contributed by atoms with Gasteiger partial charge in [0.15, 0.2) is 5.78 Å². The smallest absolute Gasteiger partial charge is 0.331 e. The average Bonchev–Trinajstić information content (AvgIpc) is 2.55. The molecule has 0 saturated carbocycles. The van der Waals surface area contributed by atoms with E-state index in [9.17, 15) is 14.7 Å². The summed E-state index contributed by atoms with van der Waals surface area (Å²) in [7, 11) is 0. The van der Waals surface area contributed by atoms with Crippen molar-refractivity contribution >= 4 is 11.8 Å². The molecule has 1 unspecified atom stereocenters. The van der Waals surface area contributed by atoms with Gasteiger partial charge in [0.25, 0.3) is 0 Å². The molecule has 0 radical (unpaired) electrons. The van der Waals surface area contributed by atoms with Crippen LogP contribution in [0.5, 0.6) is 11.5 Å². The van der Waals surface area contributed by atoms with E-state index in [4.69, 9.17) is 9.84 Å². The van der Waals surface area contributed by atoms with Crippen LogP contribution in [0, 0.1) is 0 Å². The Bertz CT molecular complexity index is 778. The number of phenols is 1. The standard InChI is InChI=1S/C19H18O5/c1-12(19(22)23)10-13(2)24-15-8-9-16(17(20)11-15)18(21)14-6-4-3-5-7-14/h3-11,13,20H,1-2H3,(H,22,23). The van der Waals surface area contributed by atoms with Crippen LogP contribution in [-0.2, 0) is 4.79 Å². The molecule has 0 aliphatic carbocycles. The summed E-state index contributed by atoms with van der Waals surface area (Å²) in [5, 5.41) is 18.9. The summed E-state index contributed by atoms with van der Waals surface area (Å²) in [5.74, 6) is -1.14. The molecule has 0 bridgehead atoms. The Balaban J connectivity index is 2.17. The lowest BCUT2D eigenvalue weighted by Gasteiger charge is -2.13. The van der Waals surface area contributed by atoms with Crippen LogP contribution >= 0.6 is 0 Å². The molecule has 0 aromatic heterocycles. The van der Waals surface area contributed by atoms with E-state index in [1.165, 1.54) is 25.1 Å². The van der Waals surface area contributed by atoms with Gasteiger partial charge in [0.1, 0.15) is 17.6 Å². The number of carboxylic acids is 1. The highest BCUT2D eigenvalue weighted by atomic mass is 16.5. The molecule has 2 rings (SSSR count). The number of ether oxygens (including phenoxy) is 1. The lowest BCUT2D eigenvalue weighted by Crippen LogP contribution is -2.11. The molecule has 0 heterocycles. The Hall–Kier alpha value is -3.08. The third-order valence-corrected chi connectivity index (χ3v) is 3.39. The number of carbonyl (C=O) groups is 2. The summed E-state index contributed by atoms with van der Waals surface area (Å²) in [6.45, 7) is 3.16. The van der Waals surface area contributed by atoms with Crippen molar-refractivity contribution in [3.8, 4) is 11.5 Å². The van der Waals surface area contributed by atoms with Crippen LogP contribution in [0.4, 0.5) is 0 Å². The largest absolute Gasteiger partial charge is 0.507 e. The van der Waals surface area contributed by atoms with Crippen LogP contribution < -0.4 is 4.74 Å². The molecule has 124 valence electrons. The molecule has 0 saturated heterocycles. The van der Waals surface area contributed by atoms with Gasteiger partial charge in [-0.15, -0.1) is 0 Å². The van der Waals surface area contributed by atoms with Gasteiger partial charge in [-0.2, -0.15) is 0 Å². The van der Waals surface area contributed by atoms with Crippen molar-refractivity contribution in [3.05, 3.63) is 71.3 Å². The molecule has 0 spiro atoms. The molecule has 2 aromatic carbocycles. The Morgan fingerprint density at radius 3 is 2.38 bits per heavy atom. The van der Waals surface area contributed by atoms with Crippen LogP contribution in [0.15, 0.2) is 60.2 Å². The molecular weight excluding hydrogens is 308 g/mol. The third-order valence-electron chi connectivity index (χ3n) is 3.39. The van der Waals surface area contributed by atoms with E-state index in [0.29, 0.717) is 11.3 Å². The van der Waals surface area contributed by atoms with Gasteiger partial charge < -0.3 is 14.9 Å². The number of carbonyl (C=O) groups excluding carboxylic acids is 1. The highest BCUT2D eigenvalue weighted by molar-refractivity contribution is 6.10. The molecule has 2 aromatic rings. The minimum Gasteiger partial charge on any atom is -0.507 e. The maximum atomic E-state index is 12.3. The maximum Gasteiger partial charge on any atom is 0.331 e. The van der Waals surface area contributed by atoms with Crippen LogP contribution in [0.2, 0.25) is 0 Å². The second kappa shape index (κ2) is 7.46. The lowest BCUT2D eigenvalue weighted by atomic mass is 10.0. The summed E-state index contributed by atoms with van der Waals surface area (Å²) in [5.41, 5.74) is 0.830. The Morgan fingerprint density at radius 2 is 1.79 bits per heavy atom. The van der Waals surface area contributed by atoms with Gasteiger partial charge in [-0.1, -0.05) is 30.3 Å². The first-order valence-corrected chi connectivity index (χ1v) is 7.39. The molecule has 2 N–H and O–H groups in total. The minimum atomic E-state index is -1.02. The fraction of sp³-hybridized carbons (Fsp3) is 0.158. The van der Waals surface area contributed by atoms with Crippen molar-refractivity contribution < 1.29 is 24.5 Å². The zero-order valence-electron chi connectivity index (χ0n) is 13.4. The fourth-order valence-electron chi connectivity index (χ4n) is 2.19. The molecule has 5 nitrogen and oxygen atoms in total. The Labute approximate surface area is 139 Å². The van der Waals surface area contributed by atoms with Crippen molar-refractivity contribution in [1.82, 2.24) is 0 Å². The first-order valence-electron chi connectivity index (χ1n) is 7.39. The number of phenolic OH excluding ortho intramolecular Hbond substituents is 1. The van der Waals surface area contributed by atoms with E-state index in [1.807, 2.05) is 6.07 Å². The van der Waals surface area contributed by atoms with Gasteiger partial charge in [-0.3, -0.25) is 4.79 Å². The van der Waals surface area contributed by atoms with E-state index in [1.54, 1.807) is 37.3 Å². The van der Waals surface area contributed by atoms with Gasteiger partial charge >= 0.3 is 5.97 Å². The second-order valence-corrected chi connectivity index (χ2v) is 5.35. The van der Waals surface area contributed by atoms with E-state index < -0.39 is 12.1 Å². The maximum absolute atomic E-state index is 12.3. The Morgan fingerprint density at radius 1 is 1.12 bits per heavy atom. The first-order chi connectivity index (χ1) is 11.4. The number of aromatic hydroxyl groups is 1. The van der Waals surface area contributed by atoms with Gasteiger partial charge in [-0.05, 0) is 32.1 Å². The second-order valence-electron chi connectivity index (χ2n) is 5.35. The van der Waals surface area contributed by atoms with Gasteiger partial charge in [0, 0.05) is 17.2 Å². The molecule has 24 heavy (non-hydrogen) atoms. The predicted octanol–water partition coefficient (Wildman–Crippen LogP) is 3.42. The zero-order chi connectivity index (χ0) is 17.7. The number of carboxylic acid groups (broad SMARTS) is 1. The zero-order valence-corrected chi connectivity index (χ0v) is 13.4. The number of rotatable bonds is 6. The molecule has 5 heteroatoms. The SMILES string of the molecule is CC(=CC(C)Oc1ccc(C(=O)c2ccccc2)c(O)c1)C(=O)O. The van der Waals surface area contributed by atoms with Gasteiger partial charge in [0.05, 0.1) is 5.56 Å². The summed E-state index contributed by atoms with van der Waals surface area (Å²) < 4.78 is 5.55. The average molecular weight is 326 g/mol. The van der Waals surface area contributed by atoms with E-state index in [0.717, 1.165) is 0 Å². The van der Waals surface area contributed by atoms with Gasteiger partial charge in [0.2, 0.25) is 0 Å². The Kier molecular flexibility index (Phi) is 5.37. The monoisotopic (exact) mass is 326 g/mol. The van der Waals surface area contributed by atoms with Crippen LogP contribution in [0.25, 0.3) is 0 Å². The van der Waals surface area contributed by atoms with E-state index in [2.05, 4.69) is 0 Å². The van der Waals surface area contributed by atoms with Crippen molar-refractivity contribution in [2.75, 3.05) is 0 Å². The van der Waals surface area contributed by atoms with Crippen molar-refractivity contribution in [3.63, 3.8) is 0 Å². The normalized spacial score (nSPS) is 12.5. The predicted molar refractivity (Wildman–Crippen MR) is 89.5 cm³/mol. The lowest BCUT2D eigenvalue weighted by molar-refractivity contribution is -0.132. The number of ketones is 1. The van der Waals surface area contributed by atoms with E-state index >= 15 is 0 Å². The summed E-state index contributed by atoms with van der Waals surface area (Å²) in [6, 6.07) is 13.1. The van der Waals surface area contributed by atoms with Gasteiger partial charge in [-0.25, -0.2) is 4.79 Å². The number of aliphatic carboxylic acids is 1. The summed E-state index contributed by atoms with van der Waals surface area (Å²) >= 11 is 0. The highest BCUT2D eigenvalue weighted by Gasteiger charge is 2.14. The molecule has 0 aliphatic heterocycles. The van der Waals surface area contributed by atoms with Crippen LogP contribution in [0.1, 0.15) is 29.8 Å². The minimum absolute atomic E-state index is 0.169. The number of hydrogen-bond donors (Lipinski definition) is 2. The van der Waals surface area contributed by atoms with Crippen molar-refractivity contribution in [1.29, 1.82) is 0 Å². The van der Waals surface area contributed by atoms with Crippen LogP contribution in [-0.4, -0.2) is 28.1 Å². The number of hydrogen-bond acceptors (Lipinski definition) is 4.